The van der Waals surface area contributed by atoms with Crippen molar-refractivity contribution < 1.29 is 5.11 Å². The molecule has 1 fully saturated rings. The SMILES string of the molecule is CC(NC1CC(O)C1)c1ccc(Cl)cc1Cl. The number of aliphatic hydroxyl groups is 1. The summed E-state index contributed by atoms with van der Waals surface area (Å²) in [7, 11) is 0. The normalized spacial score (nSPS) is 26.2. The van der Waals surface area contributed by atoms with Crippen molar-refractivity contribution in [1.29, 1.82) is 0 Å². The molecule has 4 heteroatoms. The molecule has 1 unspecified atom stereocenters. The molecule has 0 heterocycles. The van der Waals surface area contributed by atoms with Gasteiger partial charge >= 0.3 is 0 Å². The van der Waals surface area contributed by atoms with Crippen LogP contribution in [0.2, 0.25) is 10.0 Å². The molecule has 88 valence electrons. The monoisotopic (exact) mass is 259 g/mol. The molecule has 2 N–H and O–H groups in total. The summed E-state index contributed by atoms with van der Waals surface area (Å²) in [5.41, 5.74) is 1.05. The largest absolute Gasteiger partial charge is 0.393 e. The maximum atomic E-state index is 9.21. The quantitative estimate of drug-likeness (QED) is 0.874. The van der Waals surface area contributed by atoms with E-state index in [2.05, 4.69) is 12.2 Å². The molecule has 1 saturated carbocycles. The van der Waals surface area contributed by atoms with Gasteiger partial charge in [-0.15, -0.1) is 0 Å². The summed E-state index contributed by atoms with van der Waals surface area (Å²) >= 11 is 12.0. The van der Waals surface area contributed by atoms with E-state index in [9.17, 15) is 5.11 Å². The third-order valence-corrected chi connectivity index (χ3v) is 3.59. The molecule has 1 aliphatic carbocycles. The number of benzene rings is 1. The average molecular weight is 260 g/mol. The first-order valence-electron chi connectivity index (χ1n) is 5.45. The van der Waals surface area contributed by atoms with Crippen molar-refractivity contribution in [3.63, 3.8) is 0 Å². The fraction of sp³-hybridized carbons (Fsp3) is 0.500. The highest BCUT2D eigenvalue weighted by Crippen LogP contribution is 2.28. The van der Waals surface area contributed by atoms with Gasteiger partial charge in [-0.25, -0.2) is 0 Å². The van der Waals surface area contributed by atoms with Crippen LogP contribution >= 0.6 is 23.2 Å². The maximum Gasteiger partial charge on any atom is 0.0570 e. The Kier molecular flexibility index (Phi) is 3.75. The lowest BCUT2D eigenvalue weighted by Gasteiger charge is -2.34. The van der Waals surface area contributed by atoms with Crippen LogP contribution in [0.3, 0.4) is 0 Å². The summed E-state index contributed by atoms with van der Waals surface area (Å²) in [5, 5.41) is 14.0. The zero-order valence-corrected chi connectivity index (χ0v) is 10.6. The lowest BCUT2D eigenvalue weighted by molar-refractivity contribution is 0.0586. The van der Waals surface area contributed by atoms with Gasteiger partial charge in [0.1, 0.15) is 0 Å². The Labute approximate surface area is 106 Å². The first-order valence-corrected chi connectivity index (χ1v) is 6.21. The molecule has 0 spiro atoms. The van der Waals surface area contributed by atoms with E-state index in [0.29, 0.717) is 16.1 Å². The average Bonchev–Trinajstić information content (AvgIpc) is 2.15. The van der Waals surface area contributed by atoms with Crippen molar-refractivity contribution in [3.8, 4) is 0 Å². The van der Waals surface area contributed by atoms with Gasteiger partial charge in [0.25, 0.3) is 0 Å². The lowest BCUT2D eigenvalue weighted by atomic mass is 9.88. The van der Waals surface area contributed by atoms with Gasteiger partial charge in [-0.2, -0.15) is 0 Å². The van der Waals surface area contributed by atoms with Gasteiger partial charge in [0.15, 0.2) is 0 Å². The van der Waals surface area contributed by atoms with E-state index < -0.39 is 0 Å². The standard InChI is InChI=1S/C12H15Cl2NO/c1-7(15-9-5-10(16)6-9)11-3-2-8(13)4-12(11)14/h2-4,7,9-10,15-16H,5-6H2,1H3. The van der Waals surface area contributed by atoms with Gasteiger partial charge in [0.2, 0.25) is 0 Å². The molecule has 2 rings (SSSR count). The van der Waals surface area contributed by atoms with Crippen LogP contribution in [-0.4, -0.2) is 17.3 Å². The Bertz CT molecular complexity index is 377. The van der Waals surface area contributed by atoms with Gasteiger partial charge in [-0.1, -0.05) is 29.3 Å². The summed E-state index contributed by atoms with van der Waals surface area (Å²) in [4.78, 5) is 0. The number of hydrogen-bond acceptors (Lipinski definition) is 2. The zero-order chi connectivity index (χ0) is 11.7. The van der Waals surface area contributed by atoms with Crippen LogP contribution in [0.1, 0.15) is 31.4 Å². The van der Waals surface area contributed by atoms with Crippen molar-refractivity contribution in [2.24, 2.45) is 0 Å². The van der Waals surface area contributed by atoms with E-state index in [-0.39, 0.29) is 12.1 Å². The molecule has 0 amide bonds. The van der Waals surface area contributed by atoms with E-state index in [1.165, 1.54) is 0 Å². The molecule has 1 aliphatic rings. The topological polar surface area (TPSA) is 32.3 Å². The second-order valence-electron chi connectivity index (χ2n) is 4.38. The van der Waals surface area contributed by atoms with Crippen LogP contribution in [0.25, 0.3) is 0 Å². The summed E-state index contributed by atoms with van der Waals surface area (Å²) in [6.45, 7) is 2.07. The van der Waals surface area contributed by atoms with E-state index in [1.54, 1.807) is 6.07 Å². The number of aliphatic hydroxyl groups excluding tert-OH is 1. The second-order valence-corrected chi connectivity index (χ2v) is 5.22. The van der Waals surface area contributed by atoms with E-state index in [0.717, 1.165) is 18.4 Å². The van der Waals surface area contributed by atoms with Gasteiger partial charge in [-0.05, 0) is 37.5 Å². The molecule has 2 nitrogen and oxygen atoms in total. The highest BCUT2D eigenvalue weighted by molar-refractivity contribution is 6.35. The Morgan fingerprint density at radius 2 is 2.06 bits per heavy atom. The van der Waals surface area contributed by atoms with Gasteiger partial charge in [0, 0.05) is 22.1 Å². The molecule has 1 aromatic rings. The Hall–Kier alpha value is -0.280. The Morgan fingerprint density at radius 3 is 2.62 bits per heavy atom. The van der Waals surface area contributed by atoms with E-state index in [4.69, 9.17) is 23.2 Å². The highest BCUT2D eigenvalue weighted by Gasteiger charge is 2.28. The molecule has 1 aromatic carbocycles. The number of rotatable bonds is 3. The molecular formula is C12H15Cl2NO. The van der Waals surface area contributed by atoms with Crippen molar-refractivity contribution >= 4 is 23.2 Å². The maximum absolute atomic E-state index is 9.21. The molecule has 0 saturated heterocycles. The Balaban J connectivity index is 2.00. The molecule has 0 aliphatic heterocycles. The molecular weight excluding hydrogens is 245 g/mol. The van der Waals surface area contributed by atoms with Crippen LogP contribution in [0.15, 0.2) is 18.2 Å². The van der Waals surface area contributed by atoms with E-state index >= 15 is 0 Å². The van der Waals surface area contributed by atoms with Crippen molar-refractivity contribution in [2.45, 2.75) is 38.0 Å². The summed E-state index contributed by atoms with van der Waals surface area (Å²) in [6.07, 6.45) is 1.52. The third-order valence-electron chi connectivity index (χ3n) is 3.03. The smallest absolute Gasteiger partial charge is 0.0570 e. The van der Waals surface area contributed by atoms with Crippen LogP contribution < -0.4 is 5.32 Å². The van der Waals surface area contributed by atoms with Crippen LogP contribution in [0.5, 0.6) is 0 Å². The number of hydrogen-bond donors (Lipinski definition) is 2. The number of halogens is 2. The highest BCUT2D eigenvalue weighted by atomic mass is 35.5. The molecule has 0 aromatic heterocycles. The van der Waals surface area contributed by atoms with Crippen LogP contribution in [-0.2, 0) is 0 Å². The fourth-order valence-electron chi connectivity index (χ4n) is 2.02. The first kappa shape index (κ1) is 12.2. The zero-order valence-electron chi connectivity index (χ0n) is 9.08. The van der Waals surface area contributed by atoms with Crippen molar-refractivity contribution in [2.75, 3.05) is 0 Å². The molecule has 0 bridgehead atoms. The summed E-state index contributed by atoms with van der Waals surface area (Å²) < 4.78 is 0. The van der Waals surface area contributed by atoms with Crippen molar-refractivity contribution in [1.82, 2.24) is 5.32 Å². The van der Waals surface area contributed by atoms with Gasteiger partial charge in [-0.3, -0.25) is 0 Å². The first-order chi connectivity index (χ1) is 7.56. The predicted octanol–water partition coefficient (Wildman–Crippen LogP) is 3.17. The second kappa shape index (κ2) is 4.92. The minimum atomic E-state index is -0.134. The van der Waals surface area contributed by atoms with E-state index in [1.807, 2.05) is 12.1 Å². The summed E-state index contributed by atoms with van der Waals surface area (Å²) in [5.74, 6) is 0. The third kappa shape index (κ3) is 2.69. The molecule has 16 heavy (non-hydrogen) atoms. The van der Waals surface area contributed by atoms with Crippen LogP contribution in [0.4, 0.5) is 0 Å². The van der Waals surface area contributed by atoms with Gasteiger partial charge in [0.05, 0.1) is 6.10 Å². The molecule has 1 atom stereocenters. The number of nitrogens with one attached hydrogen (secondary N) is 1. The minimum Gasteiger partial charge on any atom is -0.393 e. The minimum absolute atomic E-state index is 0.134. The van der Waals surface area contributed by atoms with Crippen LogP contribution in [0, 0.1) is 0 Å². The fourth-order valence-corrected chi connectivity index (χ4v) is 2.59. The molecule has 0 radical (unpaired) electrons. The van der Waals surface area contributed by atoms with Gasteiger partial charge < -0.3 is 10.4 Å². The predicted molar refractivity (Wildman–Crippen MR) is 67.0 cm³/mol. The van der Waals surface area contributed by atoms with Crippen molar-refractivity contribution in [3.05, 3.63) is 33.8 Å². The Morgan fingerprint density at radius 1 is 1.38 bits per heavy atom. The lowest BCUT2D eigenvalue weighted by Crippen LogP contribution is -2.45. The summed E-state index contributed by atoms with van der Waals surface area (Å²) in [6, 6.07) is 6.12.